The number of carboxylic acid groups (broad SMARTS) is 1. The van der Waals surface area contributed by atoms with E-state index in [1.54, 1.807) is 6.07 Å². The first-order chi connectivity index (χ1) is 7.93. The number of benzene rings is 1. The monoisotopic (exact) mass is 426 g/mol. The van der Waals surface area contributed by atoms with Crippen LogP contribution in [0.3, 0.4) is 0 Å². The van der Waals surface area contributed by atoms with E-state index in [1.807, 2.05) is 6.07 Å². The Balaban J connectivity index is 2.62. The molecule has 1 aromatic carbocycles. The highest BCUT2D eigenvalue weighted by molar-refractivity contribution is 9.14. The second-order valence-corrected chi connectivity index (χ2v) is 5.62. The number of hydrogen-bond acceptors (Lipinski definition) is 2. The molecule has 0 atom stereocenters. The van der Waals surface area contributed by atoms with E-state index < -0.39 is 5.97 Å². The zero-order valence-electron chi connectivity index (χ0n) is 8.67. The van der Waals surface area contributed by atoms with Gasteiger partial charge in [-0.2, -0.15) is 0 Å². The average molecular weight is 429 g/mol. The first-order valence-electron chi connectivity index (χ1n) is 4.61. The van der Waals surface area contributed by atoms with E-state index in [-0.39, 0.29) is 18.6 Å². The van der Waals surface area contributed by atoms with Crippen molar-refractivity contribution >= 4 is 53.8 Å². The Morgan fingerprint density at radius 2 is 1.94 bits per heavy atom. The van der Waals surface area contributed by atoms with Crippen LogP contribution in [0.5, 0.6) is 5.75 Å². The van der Waals surface area contributed by atoms with Gasteiger partial charge in [0, 0.05) is 20.9 Å². The lowest BCUT2D eigenvalue weighted by Crippen LogP contribution is -2.05. The molecule has 0 aromatic heterocycles. The average Bonchev–Trinajstić information content (AvgIpc) is 2.28. The fraction of sp³-hybridized carbons (Fsp3) is 0.182. The Morgan fingerprint density at radius 1 is 1.29 bits per heavy atom. The standard InChI is InChI=1S/C11H9Br3O3/c1-6(11(15)16)4-5-17-8-3-2-7(12)9(13)10(8)14/h2-3H,1,4-5H2,(H,15,16). The van der Waals surface area contributed by atoms with Gasteiger partial charge in [0.2, 0.25) is 0 Å². The normalized spacial score (nSPS) is 10.1. The van der Waals surface area contributed by atoms with Gasteiger partial charge in [0.05, 0.1) is 11.1 Å². The van der Waals surface area contributed by atoms with Crippen LogP contribution < -0.4 is 4.74 Å². The summed E-state index contributed by atoms with van der Waals surface area (Å²) in [4.78, 5) is 10.5. The third kappa shape index (κ3) is 4.12. The number of hydrogen-bond donors (Lipinski definition) is 1. The number of halogens is 3. The minimum absolute atomic E-state index is 0.136. The van der Waals surface area contributed by atoms with E-state index in [0.29, 0.717) is 5.75 Å². The van der Waals surface area contributed by atoms with Crippen molar-refractivity contribution in [1.82, 2.24) is 0 Å². The first kappa shape index (κ1) is 14.7. The van der Waals surface area contributed by atoms with Crippen molar-refractivity contribution < 1.29 is 14.6 Å². The lowest BCUT2D eigenvalue weighted by atomic mass is 10.2. The van der Waals surface area contributed by atoms with Gasteiger partial charge in [-0.25, -0.2) is 4.79 Å². The van der Waals surface area contributed by atoms with Crippen LogP contribution >= 0.6 is 47.8 Å². The molecule has 0 saturated carbocycles. The third-order valence-corrected chi connectivity index (χ3v) is 5.30. The van der Waals surface area contributed by atoms with Gasteiger partial charge in [-0.1, -0.05) is 6.58 Å². The molecular weight excluding hydrogens is 420 g/mol. The Hall–Kier alpha value is -0.330. The van der Waals surface area contributed by atoms with E-state index >= 15 is 0 Å². The van der Waals surface area contributed by atoms with Gasteiger partial charge in [0.15, 0.2) is 0 Å². The molecule has 17 heavy (non-hydrogen) atoms. The number of ether oxygens (including phenoxy) is 1. The third-order valence-electron chi connectivity index (χ3n) is 1.96. The van der Waals surface area contributed by atoms with Gasteiger partial charge in [-0.05, 0) is 59.9 Å². The molecule has 1 N–H and O–H groups in total. The number of aliphatic carboxylic acids is 1. The molecule has 0 unspecified atom stereocenters. The molecule has 6 heteroatoms. The second-order valence-electron chi connectivity index (χ2n) is 3.18. The molecule has 1 rings (SSSR count). The van der Waals surface area contributed by atoms with E-state index in [4.69, 9.17) is 9.84 Å². The van der Waals surface area contributed by atoms with Gasteiger partial charge < -0.3 is 9.84 Å². The largest absolute Gasteiger partial charge is 0.492 e. The molecule has 1 aromatic rings. The molecule has 3 nitrogen and oxygen atoms in total. The van der Waals surface area contributed by atoms with Gasteiger partial charge >= 0.3 is 5.97 Å². The molecule has 0 aliphatic heterocycles. The molecule has 0 heterocycles. The predicted octanol–water partition coefficient (Wildman–Crippen LogP) is 4.38. The lowest BCUT2D eigenvalue weighted by molar-refractivity contribution is -0.132. The fourth-order valence-electron chi connectivity index (χ4n) is 1.01. The molecule has 0 saturated heterocycles. The first-order valence-corrected chi connectivity index (χ1v) is 6.98. The zero-order valence-corrected chi connectivity index (χ0v) is 13.4. The Kier molecular flexibility index (Phi) is 5.69. The topological polar surface area (TPSA) is 46.5 Å². The number of carbonyl (C=O) groups is 1. The van der Waals surface area contributed by atoms with E-state index in [1.165, 1.54) is 0 Å². The Labute approximate surface area is 124 Å². The van der Waals surface area contributed by atoms with Crippen molar-refractivity contribution in [2.75, 3.05) is 6.61 Å². The van der Waals surface area contributed by atoms with Crippen molar-refractivity contribution in [2.45, 2.75) is 6.42 Å². The van der Waals surface area contributed by atoms with Crippen LogP contribution in [0.4, 0.5) is 0 Å². The SMILES string of the molecule is C=C(CCOc1ccc(Br)c(Br)c1Br)C(=O)O. The highest BCUT2D eigenvalue weighted by Gasteiger charge is 2.09. The summed E-state index contributed by atoms with van der Waals surface area (Å²) in [5, 5.41) is 8.64. The van der Waals surface area contributed by atoms with Crippen molar-refractivity contribution in [3.8, 4) is 5.75 Å². The summed E-state index contributed by atoms with van der Waals surface area (Å²) in [6.45, 7) is 3.71. The van der Waals surface area contributed by atoms with Crippen LogP contribution in [0.1, 0.15) is 6.42 Å². The molecule has 0 bridgehead atoms. The zero-order chi connectivity index (χ0) is 13.0. The van der Waals surface area contributed by atoms with Crippen molar-refractivity contribution in [3.63, 3.8) is 0 Å². The maximum Gasteiger partial charge on any atom is 0.331 e. The maximum atomic E-state index is 10.5. The summed E-state index contributed by atoms with van der Waals surface area (Å²) in [7, 11) is 0. The quantitative estimate of drug-likeness (QED) is 0.559. The molecule has 0 radical (unpaired) electrons. The second kappa shape index (κ2) is 6.56. The summed E-state index contributed by atoms with van der Waals surface area (Å²) in [5.41, 5.74) is 0.136. The van der Waals surface area contributed by atoms with Gasteiger partial charge in [0.1, 0.15) is 5.75 Å². The van der Waals surface area contributed by atoms with Crippen LogP contribution in [0.2, 0.25) is 0 Å². The van der Waals surface area contributed by atoms with Crippen LogP contribution in [0.25, 0.3) is 0 Å². The fourth-order valence-corrected chi connectivity index (χ4v) is 2.40. The molecule has 0 fully saturated rings. The molecule has 0 aliphatic carbocycles. The Morgan fingerprint density at radius 3 is 2.53 bits per heavy atom. The van der Waals surface area contributed by atoms with Crippen molar-refractivity contribution in [2.24, 2.45) is 0 Å². The van der Waals surface area contributed by atoms with E-state index in [2.05, 4.69) is 54.4 Å². The van der Waals surface area contributed by atoms with Crippen LogP contribution in [0, 0.1) is 0 Å². The maximum absolute atomic E-state index is 10.5. The van der Waals surface area contributed by atoms with Crippen LogP contribution in [-0.4, -0.2) is 17.7 Å². The van der Waals surface area contributed by atoms with Crippen molar-refractivity contribution in [1.29, 1.82) is 0 Å². The summed E-state index contributed by atoms with van der Waals surface area (Å²) >= 11 is 10.1. The molecule has 0 aliphatic rings. The highest BCUT2D eigenvalue weighted by Crippen LogP contribution is 2.37. The van der Waals surface area contributed by atoms with Gasteiger partial charge in [0.25, 0.3) is 0 Å². The smallest absolute Gasteiger partial charge is 0.331 e. The summed E-state index contributed by atoms with van der Waals surface area (Å²) < 4.78 is 8.02. The summed E-state index contributed by atoms with van der Waals surface area (Å²) in [5.74, 6) is -0.345. The van der Waals surface area contributed by atoms with Crippen LogP contribution in [-0.2, 0) is 4.79 Å². The van der Waals surface area contributed by atoms with Crippen molar-refractivity contribution in [3.05, 3.63) is 37.7 Å². The highest BCUT2D eigenvalue weighted by atomic mass is 79.9. The molecule has 92 valence electrons. The van der Waals surface area contributed by atoms with Gasteiger partial charge in [-0.15, -0.1) is 0 Å². The lowest BCUT2D eigenvalue weighted by Gasteiger charge is -2.10. The predicted molar refractivity (Wildman–Crippen MR) is 76.4 cm³/mol. The summed E-state index contributed by atoms with van der Waals surface area (Å²) in [6.07, 6.45) is 0.287. The minimum atomic E-state index is -0.996. The number of carboxylic acids is 1. The van der Waals surface area contributed by atoms with Gasteiger partial charge in [-0.3, -0.25) is 0 Å². The molecule has 0 spiro atoms. The minimum Gasteiger partial charge on any atom is -0.492 e. The molecule has 0 amide bonds. The van der Waals surface area contributed by atoms with E-state index in [9.17, 15) is 4.79 Å². The number of rotatable bonds is 5. The van der Waals surface area contributed by atoms with Crippen LogP contribution in [0.15, 0.2) is 37.7 Å². The Bertz CT molecular complexity index is 458. The van der Waals surface area contributed by atoms with E-state index in [0.717, 1.165) is 13.4 Å². The summed E-state index contributed by atoms with van der Waals surface area (Å²) in [6, 6.07) is 3.64. The molecular formula is C11H9Br3O3.